The molecule has 1 fully saturated rings. The molecule has 0 radical (unpaired) electrons. The number of nitro groups is 1. The van der Waals surface area contributed by atoms with Crippen LogP contribution in [0.2, 0.25) is 0 Å². The van der Waals surface area contributed by atoms with Gasteiger partial charge in [-0.3, -0.25) is 14.9 Å². The predicted molar refractivity (Wildman–Crippen MR) is 73.8 cm³/mol. The molecule has 20 heavy (non-hydrogen) atoms. The van der Waals surface area contributed by atoms with Crippen molar-refractivity contribution in [3.8, 4) is 0 Å². The number of non-ortho nitro benzene ring substituents is 1. The van der Waals surface area contributed by atoms with E-state index in [1.165, 1.54) is 0 Å². The molecule has 108 valence electrons. The van der Waals surface area contributed by atoms with E-state index in [9.17, 15) is 14.9 Å². The Morgan fingerprint density at radius 3 is 2.40 bits per heavy atom. The van der Waals surface area contributed by atoms with E-state index in [0.717, 1.165) is 31.5 Å². The first kappa shape index (κ1) is 14.5. The molecule has 1 saturated heterocycles. The quantitative estimate of drug-likeness (QED) is 0.659. The van der Waals surface area contributed by atoms with Crippen molar-refractivity contribution in [1.82, 2.24) is 4.90 Å². The molecule has 2 rings (SSSR count). The molecule has 0 spiro atoms. The minimum Gasteiger partial charge on any atom is -0.481 e. The third kappa shape index (κ3) is 3.77. The lowest BCUT2D eigenvalue weighted by Gasteiger charge is -2.31. The minimum absolute atomic E-state index is 0.118. The Morgan fingerprint density at radius 2 is 1.90 bits per heavy atom. The highest BCUT2D eigenvalue weighted by Gasteiger charge is 2.21. The lowest BCUT2D eigenvalue weighted by Crippen LogP contribution is -2.34. The van der Waals surface area contributed by atoms with E-state index in [1.54, 1.807) is 12.1 Å². The first-order chi connectivity index (χ1) is 9.56. The minimum atomic E-state index is -0.762. The van der Waals surface area contributed by atoms with Crippen molar-refractivity contribution in [2.24, 2.45) is 0 Å². The van der Waals surface area contributed by atoms with Gasteiger partial charge in [-0.05, 0) is 37.4 Å². The molecule has 1 heterocycles. The van der Waals surface area contributed by atoms with Crippen LogP contribution in [-0.4, -0.2) is 40.5 Å². The largest absolute Gasteiger partial charge is 0.481 e. The zero-order valence-corrected chi connectivity index (χ0v) is 11.2. The summed E-state index contributed by atoms with van der Waals surface area (Å²) < 4.78 is 0. The highest BCUT2D eigenvalue weighted by Crippen LogP contribution is 2.29. The van der Waals surface area contributed by atoms with Gasteiger partial charge in [-0.15, -0.1) is 0 Å². The zero-order chi connectivity index (χ0) is 14.5. The number of nitro benzene ring substituents is 1. The number of likely N-dealkylation sites (tertiary alicyclic amines) is 1. The highest BCUT2D eigenvalue weighted by atomic mass is 16.6. The molecule has 6 heteroatoms. The maximum atomic E-state index is 10.6. The van der Waals surface area contributed by atoms with Crippen molar-refractivity contribution in [2.75, 3.05) is 19.6 Å². The van der Waals surface area contributed by atoms with Crippen LogP contribution in [0.5, 0.6) is 0 Å². The van der Waals surface area contributed by atoms with Gasteiger partial charge in [0, 0.05) is 18.7 Å². The molecule has 0 unspecified atom stereocenters. The number of piperidine rings is 1. The van der Waals surface area contributed by atoms with Crippen LogP contribution in [0.25, 0.3) is 0 Å². The molecule has 1 aromatic rings. The SMILES string of the molecule is O=C(O)CCN1CCC(c2ccc([N+](=O)[O-])cc2)CC1. The van der Waals surface area contributed by atoms with Gasteiger partial charge in [-0.25, -0.2) is 0 Å². The highest BCUT2D eigenvalue weighted by molar-refractivity contribution is 5.66. The van der Waals surface area contributed by atoms with Crippen LogP contribution in [-0.2, 0) is 4.79 Å². The Balaban J connectivity index is 1.87. The van der Waals surface area contributed by atoms with Crippen LogP contribution in [0.15, 0.2) is 24.3 Å². The number of hydrogen-bond acceptors (Lipinski definition) is 4. The van der Waals surface area contributed by atoms with Crippen molar-refractivity contribution in [1.29, 1.82) is 0 Å². The molecule has 6 nitrogen and oxygen atoms in total. The van der Waals surface area contributed by atoms with E-state index in [0.29, 0.717) is 12.5 Å². The van der Waals surface area contributed by atoms with Gasteiger partial charge in [0.1, 0.15) is 0 Å². The van der Waals surface area contributed by atoms with E-state index < -0.39 is 10.9 Å². The van der Waals surface area contributed by atoms with Gasteiger partial charge < -0.3 is 10.0 Å². The molecule has 0 saturated carbocycles. The number of hydrogen-bond donors (Lipinski definition) is 1. The Morgan fingerprint density at radius 1 is 1.30 bits per heavy atom. The van der Waals surface area contributed by atoms with Crippen LogP contribution in [0.3, 0.4) is 0 Å². The van der Waals surface area contributed by atoms with Gasteiger partial charge in [0.2, 0.25) is 0 Å². The molecule has 1 aliphatic rings. The van der Waals surface area contributed by atoms with Crippen molar-refractivity contribution in [3.05, 3.63) is 39.9 Å². The van der Waals surface area contributed by atoms with Crippen LogP contribution in [0, 0.1) is 10.1 Å². The molecule has 1 N–H and O–H groups in total. The summed E-state index contributed by atoms with van der Waals surface area (Å²) in [6.45, 7) is 2.37. The third-order valence-corrected chi connectivity index (χ3v) is 3.80. The van der Waals surface area contributed by atoms with E-state index in [1.807, 2.05) is 12.1 Å². The third-order valence-electron chi connectivity index (χ3n) is 3.80. The fourth-order valence-electron chi connectivity index (χ4n) is 2.61. The van der Waals surface area contributed by atoms with Crippen molar-refractivity contribution in [3.63, 3.8) is 0 Å². The first-order valence-electron chi connectivity index (χ1n) is 6.75. The van der Waals surface area contributed by atoms with Crippen LogP contribution >= 0.6 is 0 Å². The Hall–Kier alpha value is -1.95. The van der Waals surface area contributed by atoms with Crippen molar-refractivity contribution >= 4 is 11.7 Å². The number of carbonyl (C=O) groups is 1. The molecular formula is C14H18N2O4. The normalized spacial score (nSPS) is 17.0. The zero-order valence-electron chi connectivity index (χ0n) is 11.2. The maximum Gasteiger partial charge on any atom is 0.304 e. The molecule has 0 amide bonds. The van der Waals surface area contributed by atoms with E-state index in [4.69, 9.17) is 5.11 Å². The number of nitrogens with zero attached hydrogens (tertiary/aromatic N) is 2. The Kier molecular flexibility index (Phi) is 4.68. The molecule has 0 bridgehead atoms. The Bertz CT molecular complexity index is 478. The predicted octanol–water partition coefficient (Wildman–Crippen LogP) is 2.25. The summed E-state index contributed by atoms with van der Waals surface area (Å²) in [6, 6.07) is 6.75. The monoisotopic (exact) mass is 278 g/mol. The molecule has 0 atom stereocenters. The Labute approximate surface area is 117 Å². The summed E-state index contributed by atoms with van der Waals surface area (Å²) in [5.41, 5.74) is 1.25. The number of carboxylic acid groups (broad SMARTS) is 1. The van der Waals surface area contributed by atoms with Crippen LogP contribution in [0.4, 0.5) is 5.69 Å². The summed E-state index contributed by atoms with van der Waals surface area (Å²) >= 11 is 0. The topological polar surface area (TPSA) is 83.7 Å². The van der Waals surface area contributed by atoms with Crippen molar-refractivity contribution in [2.45, 2.75) is 25.2 Å². The molecule has 0 aromatic heterocycles. The number of aliphatic carboxylic acids is 1. The summed E-state index contributed by atoms with van der Waals surface area (Å²) in [7, 11) is 0. The fourth-order valence-corrected chi connectivity index (χ4v) is 2.61. The van der Waals surface area contributed by atoms with Gasteiger partial charge in [-0.1, -0.05) is 12.1 Å². The lowest BCUT2D eigenvalue weighted by molar-refractivity contribution is -0.384. The lowest BCUT2D eigenvalue weighted by atomic mass is 9.89. The average Bonchev–Trinajstić information content (AvgIpc) is 2.46. The summed E-state index contributed by atoms with van der Waals surface area (Å²) in [5.74, 6) is -0.348. The van der Waals surface area contributed by atoms with Gasteiger partial charge in [0.25, 0.3) is 5.69 Å². The van der Waals surface area contributed by atoms with E-state index >= 15 is 0 Å². The molecule has 0 aliphatic carbocycles. The van der Waals surface area contributed by atoms with Gasteiger partial charge >= 0.3 is 5.97 Å². The second-order valence-corrected chi connectivity index (χ2v) is 5.11. The van der Waals surface area contributed by atoms with Gasteiger partial charge in [0.15, 0.2) is 0 Å². The average molecular weight is 278 g/mol. The van der Waals surface area contributed by atoms with Crippen LogP contribution < -0.4 is 0 Å². The molecular weight excluding hydrogens is 260 g/mol. The van der Waals surface area contributed by atoms with Gasteiger partial charge in [-0.2, -0.15) is 0 Å². The summed E-state index contributed by atoms with van der Waals surface area (Å²) in [4.78, 5) is 22.9. The maximum absolute atomic E-state index is 10.6. The molecule has 1 aromatic carbocycles. The number of carboxylic acids is 1. The molecule has 1 aliphatic heterocycles. The number of rotatable bonds is 5. The second-order valence-electron chi connectivity index (χ2n) is 5.11. The number of benzene rings is 1. The first-order valence-corrected chi connectivity index (χ1v) is 6.75. The second kappa shape index (κ2) is 6.47. The summed E-state index contributed by atoms with van der Waals surface area (Å²) in [6.07, 6.45) is 2.12. The summed E-state index contributed by atoms with van der Waals surface area (Å²) in [5, 5.41) is 19.3. The van der Waals surface area contributed by atoms with Crippen LogP contribution in [0.1, 0.15) is 30.7 Å². The van der Waals surface area contributed by atoms with E-state index in [-0.39, 0.29) is 12.1 Å². The standard InChI is InChI=1S/C14H18N2O4/c17-14(18)7-10-15-8-5-12(6-9-15)11-1-3-13(4-2-11)16(19)20/h1-4,12H,5-10H2,(H,17,18). The van der Waals surface area contributed by atoms with Crippen molar-refractivity contribution < 1.29 is 14.8 Å². The smallest absolute Gasteiger partial charge is 0.304 e. The van der Waals surface area contributed by atoms with Gasteiger partial charge in [0.05, 0.1) is 11.3 Å². The van der Waals surface area contributed by atoms with E-state index in [2.05, 4.69) is 4.90 Å². The fraction of sp³-hybridized carbons (Fsp3) is 0.500.